The van der Waals surface area contributed by atoms with Crippen molar-refractivity contribution in [2.45, 2.75) is 46.1 Å². The van der Waals surface area contributed by atoms with Gasteiger partial charge in [0, 0.05) is 12.6 Å². The average Bonchev–Trinajstić information content (AvgIpc) is 2.76. The summed E-state index contributed by atoms with van der Waals surface area (Å²) in [5.74, 6) is 0.596. The highest BCUT2D eigenvalue weighted by Crippen LogP contribution is 2.19. The summed E-state index contributed by atoms with van der Waals surface area (Å²) in [6.45, 7) is 8.68. The number of nitrogens with two attached hydrogens (primary N) is 1. The maximum Gasteiger partial charge on any atom is 0.265 e. The summed E-state index contributed by atoms with van der Waals surface area (Å²) in [7, 11) is 0. The van der Waals surface area contributed by atoms with Gasteiger partial charge < -0.3 is 11.1 Å². The van der Waals surface area contributed by atoms with E-state index < -0.39 is 0 Å². The molecule has 1 atom stereocenters. The lowest BCUT2D eigenvalue weighted by Crippen LogP contribution is -2.41. The van der Waals surface area contributed by atoms with Crippen LogP contribution in [-0.2, 0) is 0 Å². The average molecular weight is 270 g/mol. The fraction of sp³-hybridized carbons (Fsp3) is 0.750. The number of nitrogens with zero attached hydrogens (tertiary/aromatic N) is 2. The maximum atomic E-state index is 12.1. The van der Waals surface area contributed by atoms with Gasteiger partial charge in [-0.05, 0) is 29.8 Å². The molecule has 1 amide bonds. The van der Waals surface area contributed by atoms with Gasteiger partial charge in [-0.2, -0.15) is 0 Å². The molecule has 0 aliphatic rings. The summed E-state index contributed by atoms with van der Waals surface area (Å²) < 4.78 is 3.86. The van der Waals surface area contributed by atoms with E-state index in [1.165, 1.54) is 0 Å². The third-order valence-corrected chi connectivity index (χ3v) is 3.38. The molecular weight excluding hydrogens is 248 g/mol. The second-order valence-electron chi connectivity index (χ2n) is 5.18. The summed E-state index contributed by atoms with van der Waals surface area (Å²) in [5, 5.41) is 6.97. The zero-order valence-electron chi connectivity index (χ0n) is 11.4. The number of amides is 1. The molecule has 0 aliphatic heterocycles. The molecular formula is C12H22N4OS. The Hall–Kier alpha value is -1.01. The fourth-order valence-electron chi connectivity index (χ4n) is 1.77. The Kier molecular flexibility index (Phi) is 5.68. The van der Waals surface area contributed by atoms with E-state index in [1.54, 1.807) is 0 Å². The van der Waals surface area contributed by atoms with E-state index in [9.17, 15) is 4.79 Å². The zero-order chi connectivity index (χ0) is 13.7. The second-order valence-corrected chi connectivity index (χ2v) is 5.93. The number of hydrogen-bond acceptors (Lipinski definition) is 5. The van der Waals surface area contributed by atoms with Crippen LogP contribution in [0.15, 0.2) is 0 Å². The van der Waals surface area contributed by atoms with Gasteiger partial charge >= 0.3 is 0 Å². The first kappa shape index (κ1) is 15.0. The Bertz CT molecular complexity index is 389. The Morgan fingerprint density at radius 2 is 2.06 bits per heavy atom. The van der Waals surface area contributed by atoms with Crippen molar-refractivity contribution in [3.05, 3.63) is 10.6 Å². The first-order chi connectivity index (χ1) is 8.45. The first-order valence-corrected chi connectivity index (χ1v) is 7.06. The van der Waals surface area contributed by atoms with Crippen molar-refractivity contribution in [1.82, 2.24) is 14.9 Å². The van der Waals surface area contributed by atoms with Crippen LogP contribution >= 0.6 is 11.5 Å². The lowest BCUT2D eigenvalue weighted by molar-refractivity contribution is 0.0936. The van der Waals surface area contributed by atoms with E-state index in [4.69, 9.17) is 5.73 Å². The van der Waals surface area contributed by atoms with Crippen molar-refractivity contribution in [2.24, 2.45) is 11.7 Å². The molecule has 0 bridgehead atoms. The van der Waals surface area contributed by atoms with Gasteiger partial charge in [0.05, 0.1) is 5.69 Å². The number of rotatable bonds is 6. The number of hydrogen-bond donors (Lipinski definition) is 2. The molecule has 1 aromatic heterocycles. The van der Waals surface area contributed by atoms with Crippen LogP contribution in [0.1, 0.15) is 55.4 Å². The predicted molar refractivity (Wildman–Crippen MR) is 73.8 cm³/mol. The molecule has 1 aromatic rings. The molecule has 0 saturated heterocycles. The molecule has 102 valence electrons. The van der Waals surface area contributed by atoms with E-state index in [1.807, 2.05) is 13.8 Å². The van der Waals surface area contributed by atoms with Gasteiger partial charge in [-0.1, -0.05) is 32.2 Å². The SMILES string of the molecule is CC(C)CC(CN)NC(=O)c1snnc1C(C)C. The highest BCUT2D eigenvalue weighted by Gasteiger charge is 2.21. The van der Waals surface area contributed by atoms with Crippen LogP contribution in [0.25, 0.3) is 0 Å². The van der Waals surface area contributed by atoms with Gasteiger partial charge in [0.1, 0.15) is 4.88 Å². The second kappa shape index (κ2) is 6.80. The lowest BCUT2D eigenvalue weighted by atomic mass is 10.0. The Labute approximate surface area is 112 Å². The molecule has 0 saturated carbocycles. The van der Waals surface area contributed by atoms with Crippen molar-refractivity contribution in [2.75, 3.05) is 6.54 Å². The van der Waals surface area contributed by atoms with E-state index in [2.05, 4.69) is 28.8 Å². The summed E-state index contributed by atoms with van der Waals surface area (Å²) in [6.07, 6.45) is 0.880. The molecule has 6 heteroatoms. The Balaban J connectivity index is 2.72. The molecule has 3 N–H and O–H groups in total. The largest absolute Gasteiger partial charge is 0.347 e. The fourth-order valence-corrected chi connectivity index (χ4v) is 2.49. The quantitative estimate of drug-likeness (QED) is 0.825. The number of carbonyl (C=O) groups excluding carboxylic acids is 1. The van der Waals surface area contributed by atoms with E-state index >= 15 is 0 Å². The van der Waals surface area contributed by atoms with Crippen LogP contribution in [0.2, 0.25) is 0 Å². The van der Waals surface area contributed by atoms with Gasteiger partial charge in [-0.25, -0.2) is 0 Å². The van der Waals surface area contributed by atoms with Crippen LogP contribution in [0.3, 0.4) is 0 Å². The van der Waals surface area contributed by atoms with Crippen molar-refractivity contribution >= 4 is 17.4 Å². The van der Waals surface area contributed by atoms with Crippen molar-refractivity contribution in [3.63, 3.8) is 0 Å². The Morgan fingerprint density at radius 1 is 1.39 bits per heavy atom. The molecule has 5 nitrogen and oxygen atoms in total. The van der Waals surface area contributed by atoms with Crippen molar-refractivity contribution in [3.8, 4) is 0 Å². The third-order valence-electron chi connectivity index (χ3n) is 2.64. The molecule has 18 heavy (non-hydrogen) atoms. The maximum absolute atomic E-state index is 12.1. The van der Waals surface area contributed by atoms with Gasteiger partial charge in [-0.15, -0.1) is 5.10 Å². The highest BCUT2D eigenvalue weighted by atomic mass is 32.1. The standard InChI is InChI=1S/C12H22N4OS/c1-7(2)5-9(6-13)14-12(17)11-10(8(3)4)15-16-18-11/h7-9H,5-6,13H2,1-4H3,(H,14,17). The van der Waals surface area contributed by atoms with Crippen LogP contribution in [-0.4, -0.2) is 28.1 Å². The number of nitrogens with one attached hydrogen (secondary N) is 1. The van der Waals surface area contributed by atoms with E-state index in [0.717, 1.165) is 23.6 Å². The summed E-state index contributed by atoms with van der Waals surface area (Å²) in [4.78, 5) is 12.7. The smallest absolute Gasteiger partial charge is 0.265 e. The van der Waals surface area contributed by atoms with Crippen LogP contribution in [0, 0.1) is 5.92 Å². The predicted octanol–water partition coefficient (Wildman–Crippen LogP) is 1.76. The summed E-state index contributed by atoms with van der Waals surface area (Å²) in [6, 6.07) is 0.0135. The van der Waals surface area contributed by atoms with Crippen LogP contribution in [0.4, 0.5) is 0 Å². The minimum absolute atomic E-state index is 0.0135. The normalized spacial score (nSPS) is 13.1. The Morgan fingerprint density at radius 3 is 2.56 bits per heavy atom. The molecule has 1 unspecified atom stereocenters. The minimum Gasteiger partial charge on any atom is -0.347 e. The van der Waals surface area contributed by atoms with Gasteiger partial charge in [0.25, 0.3) is 5.91 Å². The molecule has 1 rings (SSSR count). The monoisotopic (exact) mass is 270 g/mol. The summed E-state index contributed by atoms with van der Waals surface area (Å²) >= 11 is 1.14. The molecule has 0 spiro atoms. The van der Waals surface area contributed by atoms with Gasteiger partial charge in [0.15, 0.2) is 0 Å². The van der Waals surface area contributed by atoms with Crippen molar-refractivity contribution < 1.29 is 4.79 Å². The molecule has 0 fully saturated rings. The molecule has 0 aromatic carbocycles. The first-order valence-electron chi connectivity index (χ1n) is 6.28. The van der Waals surface area contributed by atoms with E-state index in [0.29, 0.717) is 17.3 Å². The number of aromatic nitrogens is 2. The van der Waals surface area contributed by atoms with Crippen molar-refractivity contribution in [1.29, 1.82) is 0 Å². The van der Waals surface area contributed by atoms with Gasteiger partial charge in [0.2, 0.25) is 0 Å². The molecule has 0 aliphatic carbocycles. The topological polar surface area (TPSA) is 80.9 Å². The highest BCUT2D eigenvalue weighted by molar-refractivity contribution is 7.08. The van der Waals surface area contributed by atoms with Crippen LogP contribution in [0.5, 0.6) is 0 Å². The summed E-state index contributed by atoms with van der Waals surface area (Å²) in [5.41, 5.74) is 6.44. The zero-order valence-corrected chi connectivity index (χ0v) is 12.3. The third kappa shape index (κ3) is 4.03. The number of carbonyl (C=O) groups is 1. The van der Waals surface area contributed by atoms with Crippen LogP contribution < -0.4 is 11.1 Å². The minimum atomic E-state index is -0.107. The molecule has 0 radical (unpaired) electrons. The van der Waals surface area contributed by atoms with E-state index in [-0.39, 0.29) is 17.9 Å². The lowest BCUT2D eigenvalue weighted by Gasteiger charge is -2.18. The van der Waals surface area contributed by atoms with Gasteiger partial charge in [-0.3, -0.25) is 4.79 Å². The molecule has 1 heterocycles.